The number of nitrogens with zero attached hydrogens (tertiary/aromatic N) is 2. The van der Waals surface area contributed by atoms with Gasteiger partial charge in [-0.25, -0.2) is 0 Å². The third-order valence-electron chi connectivity index (χ3n) is 13.1. The largest absolute Gasteiger partial charge is 0.309 e. The van der Waals surface area contributed by atoms with Gasteiger partial charge >= 0.3 is 0 Å². The van der Waals surface area contributed by atoms with Gasteiger partial charge in [-0.15, -0.1) is 0 Å². The lowest BCUT2D eigenvalue weighted by Crippen LogP contribution is -2.13. The number of rotatable bonds is 5. The molecule has 0 unspecified atom stereocenters. The lowest BCUT2D eigenvalue weighted by atomic mass is 9.95. The van der Waals surface area contributed by atoms with E-state index in [9.17, 15) is 0 Å². The molecule has 2 heterocycles. The molecule has 0 radical (unpaired) electrons. The topological polar surface area (TPSA) is 8.17 Å². The van der Waals surface area contributed by atoms with Crippen molar-refractivity contribution in [2.75, 3.05) is 4.90 Å². The zero-order valence-electron chi connectivity index (χ0n) is 33.8. The van der Waals surface area contributed by atoms with Crippen molar-refractivity contribution >= 4 is 94.1 Å². The molecule has 2 heteroatoms. The minimum atomic E-state index is 1.09. The number of hydrogen-bond acceptors (Lipinski definition) is 1. The van der Waals surface area contributed by atoms with Gasteiger partial charge in [0.2, 0.25) is 0 Å². The maximum absolute atomic E-state index is 2.56. The van der Waals surface area contributed by atoms with Crippen molar-refractivity contribution in [3.8, 4) is 27.9 Å². The zero-order chi connectivity index (χ0) is 40.7. The van der Waals surface area contributed by atoms with Crippen LogP contribution in [0.4, 0.5) is 17.1 Å². The summed E-state index contributed by atoms with van der Waals surface area (Å²) in [6, 6.07) is 80.2. The van der Waals surface area contributed by atoms with Crippen molar-refractivity contribution in [3.05, 3.63) is 230 Å². The lowest BCUT2D eigenvalue weighted by Gasteiger charge is -2.30. The number of aromatic nitrogens is 1. The Kier molecular flexibility index (Phi) is 7.64. The fourth-order valence-corrected chi connectivity index (χ4v) is 10.3. The smallest absolute Gasteiger partial charge is 0.0620 e. The van der Waals surface area contributed by atoms with Crippen LogP contribution in [0.3, 0.4) is 0 Å². The molecule has 1 aromatic heterocycles. The van der Waals surface area contributed by atoms with E-state index in [4.69, 9.17) is 0 Å². The molecule has 2 nitrogen and oxygen atoms in total. The van der Waals surface area contributed by atoms with E-state index in [1.54, 1.807) is 0 Å². The van der Waals surface area contributed by atoms with Gasteiger partial charge in [0.1, 0.15) is 0 Å². The molecule has 0 saturated heterocycles. The predicted molar refractivity (Wildman–Crippen MR) is 265 cm³/mol. The fourth-order valence-electron chi connectivity index (χ4n) is 10.3. The molecule has 0 spiro atoms. The van der Waals surface area contributed by atoms with Crippen LogP contribution in [0, 0.1) is 0 Å². The van der Waals surface area contributed by atoms with Gasteiger partial charge in [-0.2, -0.15) is 0 Å². The number of anilines is 3. The minimum absolute atomic E-state index is 1.09. The second-order valence-corrected chi connectivity index (χ2v) is 16.4. The summed E-state index contributed by atoms with van der Waals surface area (Å²) in [4.78, 5) is 2.49. The molecule has 12 aromatic rings. The molecule has 62 heavy (non-hydrogen) atoms. The van der Waals surface area contributed by atoms with Crippen molar-refractivity contribution in [3.63, 3.8) is 0 Å². The highest BCUT2D eigenvalue weighted by Crippen LogP contribution is 2.49. The third kappa shape index (κ3) is 5.17. The summed E-state index contributed by atoms with van der Waals surface area (Å²) in [6.07, 6.45) is 4.70. The molecule has 0 amide bonds. The van der Waals surface area contributed by atoms with Crippen LogP contribution in [0.2, 0.25) is 0 Å². The third-order valence-corrected chi connectivity index (χ3v) is 13.1. The van der Waals surface area contributed by atoms with E-state index < -0.39 is 0 Å². The first kappa shape index (κ1) is 34.6. The van der Waals surface area contributed by atoms with Gasteiger partial charge in [-0.1, -0.05) is 194 Å². The second kappa shape index (κ2) is 13.7. The lowest BCUT2D eigenvalue weighted by molar-refractivity contribution is 1.17. The molecule has 0 fully saturated rings. The van der Waals surface area contributed by atoms with Gasteiger partial charge in [0.15, 0.2) is 0 Å². The van der Waals surface area contributed by atoms with E-state index in [0.717, 1.165) is 28.3 Å². The van der Waals surface area contributed by atoms with E-state index in [0.29, 0.717) is 0 Å². The minimum Gasteiger partial charge on any atom is -0.309 e. The normalized spacial score (nSPS) is 12.1. The Balaban J connectivity index is 1.10. The highest BCUT2D eigenvalue weighted by Gasteiger charge is 2.26. The Labute approximate surface area is 359 Å². The number of hydrogen-bond donors (Lipinski definition) is 0. The van der Waals surface area contributed by atoms with E-state index in [1.165, 1.54) is 92.7 Å². The number of benzene rings is 11. The summed E-state index contributed by atoms with van der Waals surface area (Å²) in [6.45, 7) is 0. The van der Waals surface area contributed by atoms with Crippen molar-refractivity contribution in [1.29, 1.82) is 0 Å². The van der Waals surface area contributed by atoms with Crippen LogP contribution in [0.25, 0.3) is 105 Å². The van der Waals surface area contributed by atoms with Gasteiger partial charge in [-0.05, 0) is 96.5 Å². The molecule has 0 aliphatic carbocycles. The van der Waals surface area contributed by atoms with Crippen molar-refractivity contribution in [2.24, 2.45) is 0 Å². The van der Waals surface area contributed by atoms with Crippen LogP contribution in [-0.2, 0) is 0 Å². The van der Waals surface area contributed by atoms with Gasteiger partial charge in [-0.3, -0.25) is 0 Å². The SMILES string of the molecule is C1=Cc2cc3ccccc3c3c4ccc5ccccc5c4n(c23)-c2cccc(N(c3ccc(-c4cccc5ccccc45)cc3)c3ccc(-c4ccccc4)c4ccccc34)c21. The first-order valence-corrected chi connectivity index (χ1v) is 21.4. The molecular weight excluding hydrogens is 749 g/mol. The second-order valence-electron chi connectivity index (χ2n) is 16.4. The van der Waals surface area contributed by atoms with Gasteiger partial charge in [0, 0.05) is 32.8 Å². The van der Waals surface area contributed by atoms with E-state index in [1.807, 2.05) is 0 Å². The summed E-state index contributed by atoms with van der Waals surface area (Å²) in [5, 5.41) is 12.5. The highest BCUT2D eigenvalue weighted by molar-refractivity contribution is 6.28. The Morgan fingerprint density at radius 1 is 0.339 bits per heavy atom. The highest BCUT2D eigenvalue weighted by atomic mass is 15.2. The molecule has 0 saturated carbocycles. The van der Waals surface area contributed by atoms with Crippen LogP contribution in [-0.4, -0.2) is 4.57 Å². The standard InChI is InChI=1S/C60H38N2/c1-2-14-39(15-3-1)48-36-37-57(52-24-11-10-23-51(48)52)61(45-32-28-42(29-33-45)47-25-12-19-40-16-4-7-20-46(40)47)55-26-13-27-56-53(55)34-31-44-38-43-18-6-8-21-49(43)58-54-35-30-41-17-5-9-22-50(41)60(54)62(56)59(44)58/h1-38H. The predicted octanol–water partition coefficient (Wildman–Crippen LogP) is 16.7. The molecule has 0 atom stereocenters. The monoisotopic (exact) mass is 786 g/mol. The van der Waals surface area contributed by atoms with E-state index >= 15 is 0 Å². The Bertz CT molecular complexity index is 3790. The molecule has 0 N–H and O–H groups in total. The molecule has 1 aliphatic rings. The molecular formula is C60H38N2. The van der Waals surface area contributed by atoms with Crippen molar-refractivity contribution in [1.82, 2.24) is 4.57 Å². The molecule has 11 aromatic carbocycles. The molecule has 13 rings (SSSR count). The maximum atomic E-state index is 2.56. The van der Waals surface area contributed by atoms with E-state index in [-0.39, 0.29) is 0 Å². The van der Waals surface area contributed by atoms with Gasteiger partial charge in [0.25, 0.3) is 0 Å². The van der Waals surface area contributed by atoms with E-state index in [2.05, 4.69) is 240 Å². The zero-order valence-corrected chi connectivity index (χ0v) is 33.8. The summed E-state index contributed by atoms with van der Waals surface area (Å²) in [5.41, 5.74) is 14.2. The molecule has 1 aliphatic heterocycles. The van der Waals surface area contributed by atoms with Crippen LogP contribution < -0.4 is 4.90 Å². The Morgan fingerprint density at radius 2 is 0.968 bits per heavy atom. The number of fused-ring (bicyclic) bond motifs is 11. The average molecular weight is 787 g/mol. The van der Waals surface area contributed by atoms with Crippen molar-refractivity contribution in [2.45, 2.75) is 0 Å². The summed E-state index contributed by atoms with van der Waals surface area (Å²) >= 11 is 0. The first-order valence-electron chi connectivity index (χ1n) is 21.4. The van der Waals surface area contributed by atoms with Crippen LogP contribution >= 0.6 is 0 Å². The summed E-state index contributed by atoms with van der Waals surface area (Å²) in [5.74, 6) is 0. The maximum Gasteiger partial charge on any atom is 0.0620 e. The summed E-state index contributed by atoms with van der Waals surface area (Å²) < 4.78 is 2.56. The van der Waals surface area contributed by atoms with Crippen LogP contribution in [0.15, 0.2) is 218 Å². The molecule has 0 bridgehead atoms. The molecule has 288 valence electrons. The Morgan fingerprint density at radius 3 is 1.79 bits per heavy atom. The first-order chi connectivity index (χ1) is 30.8. The summed E-state index contributed by atoms with van der Waals surface area (Å²) in [7, 11) is 0. The Hall–Kier alpha value is -8.20. The average Bonchev–Trinajstić information content (AvgIpc) is 3.61. The van der Waals surface area contributed by atoms with Crippen LogP contribution in [0.5, 0.6) is 0 Å². The quantitative estimate of drug-likeness (QED) is 0.169. The van der Waals surface area contributed by atoms with Crippen LogP contribution in [0.1, 0.15) is 11.1 Å². The fraction of sp³-hybridized carbons (Fsp3) is 0. The van der Waals surface area contributed by atoms with Gasteiger partial charge in [0.05, 0.1) is 28.1 Å². The van der Waals surface area contributed by atoms with Gasteiger partial charge < -0.3 is 9.47 Å². The van der Waals surface area contributed by atoms with Crippen molar-refractivity contribution < 1.29 is 0 Å².